The highest BCUT2D eigenvalue weighted by Gasteiger charge is 2.43. The first kappa shape index (κ1) is 23.4. The van der Waals surface area contributed by atoms with Crippen LogP contribution in [0.25, 0.3) is 0 Å². The quantitative estimate of drug-likeness (QED) is 0.528. The molecule has 1 aromatic rings. The molecule has 27 heavy (non-hydrogen) atoms. The van der Waals surface area contributed by atoms with Gasteiger partial charge in [-0.05, 0) is 30.5 Å². The van der Waals surface area contributed by atoms with Crippen molar-refractivity contribution in [2.24, 2.45) is 0 Å². The number of carboxylic acid groups (broad SMARTS) is 1. The minimum absolute atomic E-state index is 0.0337. The minimum atomic E-state index is -4.33. The van der Waals surface area contributed by atoms with Gasteiger partial charge in [-0.25, -0.2) is 16.8 Å². The van der Waals surface area contributed by atoms with Crippen LogP contribution in [-0.2, 0) is 31.3 Å². The van der Waals surface area contributed by atoms with Crippen LogP contribution < -0.4 is 0 Å². The SMILES string of the molecule is CCCCS(=O)(=O)N([C@@H](Cc1ccc(O)cc1)C(=O)O)S(=O)(=O)CCCC. The molecule has 0 amide bonds. The molecule has 154 valence electrons. The fraction of sp³-hybridized carbons (Fsp3) is 0.588. The highest BCUT2D eigenvalue weighted by molar-refractivity contribution is 8.04. The highest BCUT2D eigenvalue weighted by Crippen LogP contribution is 2.22. The van der Waals surface area contributed by atoms with Crippen LogP contribution in [0.1, 0.15) is 45.1 Å². The van der Waals surface area contributed by atoms with Gasteiger partial charge in [-0.2, -0.15) is 0 Å². The van der Waals surface area contributed by atoms with E-state index in [-0.39, 0.29) is 28.7 Å². The summed E-state index contributed by atoms with van der Waals surface area (Å²) >= 11 is 0. The zero-order valence-electron chi connectivity index (χ0n) is 15.5. The second-order valence-corrected chi connectivity index (χ2v) is 10.5. The van der Waals surface area contributed by atoms with Crippen molar-refractivity contribution in [2.45, 2.75) is 52.0 Å². The first-order valence-electron chi connectivity index (χ1n) is 8.80. The second kappa shape index (κ2) is 10.0. The molecule has 0 spiro atoms. The Hall–Kier alpha value is -1.65. The van der Waals surface area contributed by atoms with Gasteiger partial charge >= 0.3 is 5.97 Å². The van der Waals surface area contributed by atoms with E-state index in [0.717, 1.165) is 0 Å². The van der Waals surface area contributed by atoms with Gasteiger partial charge in [0, 0.05) is 6.42 Å². The third-order valence-electron chi connectivity index (χ3n) is 3.96. The summed E-state index contributed by atoms with van der Waals surface area (Å²) in [6, 6.07) is 3.74. The van der Waals surface area contributed by atoms with Gasteiger partial charge in [-0.3, -0.25) is 4.79 Å². The predicted octanol–water partition coefficient (Wildman–Crippen LogP) is 1.95. The molecular formula is C17H27NO7S2. The summed E-state index contributed by atoms with van der Waals surface area (Å²) in [6.45, 7) is 3.52. The number of sulfonamides is 2. The van der Waals surface area contributed by atoms with Crippen LogP contribution in [0, 0.1) is 0 Å². The Morgan fingerprint density at radius 2 is 1.41 bits per heavy atom. The first-order chi connectivity index (χ1) is 12.5. The van der Waals surface area contributed by atoms with Crippen molar-refractivity contribution in [1.29, 1.82) is 0 Å². The maximum absolute atomic E-state index is 12.7. The van der Waals surface area contributed by atoms with Crippen molar-refractivity contribution < 1.29 is 31.8 Å². The molecule has 0 aliphatic heterocycles. The minimum Gasteiger partial charge on any atom is -0.508 e. The Bertz CT molecular complexity index is 779. The van der Waals surface area contributed by atoms with Crippen LogP contribution in [0.2, 0.25) is 0 Å². The molecule has 0 radical (unpaired) electrons. The third kappa shape index (κ3) is 6.78. The number of hydrogen-bond donors (Lipinski definition) is 2. The van der Waals surface area contributed by atoms with Crippen LogP contribution in [0.4, 0.5) is 0 Å². The zero-order chi connectivity index (χ0) is 20.7. The molecule has 1 aromatic carbocycles. The summed E-state index contributed by atoms with van der Waals surface area (Å²) in [5.41, 5.74) is 0.404. The maximum Gasteiger partial charge on any atom is 0.323 e. The summed E-state index contributed by atoms with van der Waals surface area (Å²) in [4.78, 5) is 11.8. The Labute approximate surface area is 160 Å². The Morgan fingerprint density at radius 3 is 1.78 bits per heavy atom. The molecule has 0 saturated carbocycles. The predicted molar refractivity (Wildman–Crippen MR) is 102 cm³/mol. The number of unbranched alkanes of at least 4 members (excludes halogenated alkanes) is 2. The molecule has 8 nitrogen and oxygen atoms in total. The van der Waals surface area contributed by atoms with Gasteiger partial charge in [0.25, 0.3) is 0 Å². The molecule has 0 aromatic heterocycles. The topological polar surface area (TPSA) is 129 Å². The largest absolute Gasteiger partial charge is 0.508 e. The molecule has 10 heteroatoms. The molecule has 0 unspecified atom stereocenters. The lowest BCUT2D eigenvalue weighted by Crippen LogP contribution is -2.51. The van der Waals surface area contributed by atoms with Crippen molar-refractivity contribution in [3.05, 3.63) is 29.8 Å². The number of aromatic hydroxyl groups is 1. The van der Waals surface area contributed by atoms with E-state index in [0.29, 0.717) is 18.4 Å². The molecule has 1 rings (SSSR count). The summed E-state index contributed by atoms with van der Waals surface area (Å²) in [5.74, 6) is -2.44. The number of phenolic OH excluding ortho intramolecular Hbond substituents is 1. The normalized spacial score (nSPS) is 13.6. The maximum atomic E-state index is 12.7. The Balaban J connectivity index is 3.37. The smallest absolute Gasteiger partial charge is 0.323 e. The monoisotopic (exact) mass is 421 g/mol. The van der Waals surface area contributed by atoms with Crippen molar-refractivity contribution in [3.8, 4) is 5.75 Å². The van der Waals surface area contributed by atoms with Crippen molar-refractivity contribution in [1.82, 2.24) is 3.71 Å². The fourth-order valence-corrected chi connectivity index (χ4v) is 7.10. The summed E-state index contributed by atoms with van der Waals surface area (Å²) in [5, 5.41) is 19.0. The summed E-state index contributed by atoms with van der Waals surface area (Å²) < 4.78 is 51.1. The molecule has 0 aliphatic rings. The molecular weight excluding hydrogens is 394 g/mol. The van der Waals surface area contributed by atoms with Gasteiger partial charge in [0.2, 0.25) is 20.0 Å². The van der Waals surface area contributed by atoms with E-state index in [9.17, 15) is 31.8 Å². The lowest BCUT2D eigenvalue weighted by Gasteiger charge is -2.27. The Morgan fingerprint density at radius 1 is 0.963 bits per heavy atom. The fourth-order valence-electron chi connectivity index (χ4n) is 2.50. The number of nitrogens with zero attached hydrogens (tertiary/aromatic N) is 1. The van der Waals surface area contributed by atoms with E-state index in [1.807, 2.05) is 0 Å². The van der Waals surface area contributed by atoms with Crippen molar-refractivity contribution in [3.63, 3.8) is 0 Å². The molecule has 1 atom stereocenters. The third-order valence-corrected chi connectivity index (χ3v) is 8.54. The van der Waals surface area contributed by atoms with E-state index >= 15 is 0 Å². The molecule has 2 N–H and O–H groups in total. The molecule has 0 bridgehead atoms. The van der Waals surface area contributed by atoms with Gasteiger partial charge in [-0.1, -0.05) is 42.5 Å². The van der Waals surface area contributed by atoms with Gasteiger partial charge in [0.15, 0.2) is 0 Å². The van der Waals surface area contributed by atoms with Gasteiger partial charge in [0.1, 0.15) is 11.8 Å². The molecule has 0 heterocycles. The number of aliphatic carboxylic acids is 1. The lowest BCUT2D eigenvalue weighted by atomic mass is 10.1. The van der Waals surface area contributed by atoms with Gasteiger partial charge in [-0.15, -0.1) is 0 Å². The lowest BCUT2D eigenvalue weighted by molar-refractivity contribution is -0.140. The molecule has 0 aliphatic carbocycles. The van der Waals surface area contributed by atoms with E-state index < -0.39 is 43.6 Å². The second-order valence-electron chi connectivity index (χ2n) is 6.29. The van der Waals surface area contributed by atoms with E-state index in [1.54, 1.807) is 13.8 Å². The first-order valence-corrected chi connectivity index (χ1v) is 12.0. The number of hydrogen-bond acceptors (Lipinski definition) is 6. The summed E-state index contributed by atoms with van der Waals surface area (Å²) in [7, 11) is -8.66. The van der Waals surface area contributed by atoms with Crippen LogP contribution in [0.15, 0.2) is 24.3 Å². The van der Waals surface area contributed by atoms with E-state index in [2.05, 4.69) is 0 Å². The Kier molecular flexibility index (Phi) is 8.70. The zero-order valence-corrected chi connectivity index (χ0v) is 17.2. The average Bonchev–Trinajstić information content (AvgIpc) is 2.59. The van der Waals surface area contributed by atoms with E-state index in [1.165, 1.54) is 24.3 Å². The highest BCUT2D eigenvalue weighted by atomic mass is 32.3. The number of carboxylic acids is 1. The van der Waals surface area contributed by atoms with Crippen LogP contribution in [-0.4, -0.2) is 54.3 Å². The number of carbonyl (C=O) groups is 1. The standard InChI is InChI=1S/C17H27NO7S2/c1-3-5-11-26(22,23)18(27(24,25)12-6-4-2)16(17(20)21)13-14-7-9-15(19)10-8-14/h7-10,16,19H,3-6,11-13H2,1-2H3,(H,20,21)/t16-/m0/s1. The van der Waals surface area contributed by atoms with Crippen LogP contribution >= 0.6 is 0 Å². The molecule has 0 saturated heterocycles. The van der Waals surface area contributed by atoms with E-state index in [4.69, 9.17) is 0 Å². The van der Waals surface area contributed by atoms with Crippen LogP contribution in [0.5, 0.6) is 5.75 Å². The van der Waals surface area contributed by atoms with Gasteiger partial charge in [0.05, 0.1) is 11.5 Å². The molecule has 0 fully saturated rings. The van der Waals surface area contributed by atoms with Crippen molar-refractivity contribution in [2.75, 3.05) is 11.5 Å². The van der Waals surface area contributed by atoms with Crippen molar-refractivity contribution >= 4 is 26.0 Å². The summed E-state index contributed by atoms with van der Waals surface area (Å²) in [6.07, 6.45) is 1.18. The number of phenols is 1. The van der Waals surface area contributed by atoms with Crippen LogP contribution in [0.3, 0.4) is 0 Å². The number of benzene rings is 1. The van der Waals surface area contributed by atoms with Gasteiger partial charge < -0.3 is 10.2 Å². The number of rotatable bonds is 12. The average molecular weight is 422 g/mol.